The van der Waals surface area contributed by atoms with Crippen LogP contribution in [-0.4, -0.2) is 11.5 Å². The highest BCUT2D eigenvalue weighted by Gasteiger charge is 2.13. The smallest absolute Gasteiger partial charge is 0.275 e. The van der Waals surface area contributed by atoms with E-state index in [9.17, 15) is 10.1 Å². The zero-order chi connectivity index (χ0) is 12.8. The molecule has 4 nitrogen and oxygen atoms in total. The topological polar surface area (TPSA) is 55.2 Å². The number of hydrogen-bond donors (Lipinski definition) is 1. The Morgan fingerprint density at radius 2 is 2.24 bits per heavy atom. The van der Waals surface area contributed by atoms with Crippen LogP contribution in [0.1, 0.15) is 25.8 Å². The quantitative estimate of drug-likeness (QED) is 0.646. The fraction of sp³-hybridized carbons (Fsp3) is 0.500. The molecule has 94 valence electrons. The first kappa shape index (κ1) is 14.1. The standard InChI is InChI=1S/C12H17BrN2O2/c1-3-9(2)7-14-8-10-4-5-11(13)6-12(10)15(16)17/h4-6,9,14H,3,7-8H2,1-2H3. The number of nitrogens with one attached hydrogen (secondary N) is 1. The van der Waals surface area contributed by atoms with Gasteiger partial charge in [0.25, 0.3) is 5.69 Å². The third kappa shape index (κ3) is 4.44. The summed E-state index contributed by atoms with van der Waals surface area (Å²) in [6.07, 6.45) is 1.11. The van der Waals surface area contributed by atoms with Crippen LogP contribution >= 0.6 is 15.9 Å². The number of benzene rings is 1. The molecule has 1 N–H and O–H groups in total. The SMILES string of the molecule is CCC(C)CNCc1ccc(Br)cc1[N+](=O)[O-]. The fourth-order valence-corrected chi connectivity index (χ4v) is 1.80. The number of nitro groups is 1. The molecule has 0 saturated heterocycles. The molecule has 0 aliphatic rings. The van der Waals surface area contributed by atoms with Crippen molar-refractivity contribution in [3.8, 4) is 0 Å². The van der Waals surface area contributed by atoms with Crippen molar-refractivity contribution in [3.63, 3.8) is 0 Å². The van der Waals surface area contributed by atoms with Crippen LogP contribution in [0.3, 0.4) is 0 Å². The first-order chi connectivity index (χ1) is 8.04. The molecule has 0 heterocycles. The summed E-state index contributed by atoms with van der Waals surface area (Å²) in [6.45, 7) is 5.70. The molecule has 0 aliphatic heterocycles. The molecule has 0 aliphatic carbocycles. The number of nitro benzene ring substituents is 1. The van der Waals surface area contributed by atoms with E-state index in [2.05, 4.69) is 35.1 Å². The van der Waals surface area contributed by atoms with Crippen molar-refractivity contribution in [1.82, 2.24) is 5.32 Å². The number of nitrogens with zero attached hydrogens (tertiary/aromatic N) is 1. The van der Waals surface area contributed by atoms with Crippen LogP contribution in [0.2, 0.25) is 0 Å². The van der Waals surface area contributed by atoms with E-state index in [1.165, 1.54) is 0 Å². The summed E-state index contributed by atoms with van der Waals surface area (Å²) >= 11 is 3.24. The lowest BCUT2D eigenvalue weighted by molar-refractivity contribution is -0.385. The van der Waals surface area contributed by atoms with Crippen molar-refractivity contribution in [1.29, 1.82) is 0 Å². The van der Waals surface area contributed by atoms with Gasteiger partial charge in [-0.15, -0.1) is 0 Å². The summed E-state index contributed by atoms with van der Waals surface area (Å²) in [5, 5.41) is 14.1. The fourth-order valence-electron chi connectivity index (χ4n) is 1.45. The second kappa shape index (κ2) is 6.71. The van der Waals surface area contributed by atoms with Gasteiger partial charge in [-0.3, -0.25) is 10.1 Å². The molecule has 0 amide bonds. The summed E-state index contributed by atoms with van der Waals surface area (Å²) in [7, 11) is 0. The molecule has 0 aromatic heterocycles. The molecule has 1 rings (SSSR count). The van der Waals surface area contributed by atoms with E-state index in [0.717, 1.165) is 23.0 Å². The molecule has 1 unspecified atom stereocenters. The third-order valence-electron chi connectivity index (χ3n) is 2.75. The monoisotopic (exact) mass is 300 g/mol. The lowest BCUT2D eigenvalue weighted by atomic mass is 10.1. The molecule has 1 aromatic rings. The highest BCUT2D eigenvalue weighted by molar-refractivity contribution is 9.10. The van der Waals surface area contributed by atoms with Gasteiger partial charge in [0, 0.05) is 22.6 Å². The van der Waals surface area contributed by atoms with Crippen molar-refractivity contribution >= 4 is 21.6 Å². The Morgan fingerprint density at radius 1 is 1.53 bits per heavy atom. The van der Waals surface area contributed by atoms with Crippen LogP contribution in [0.5, 0.6) is 0 Å². The Hall–Kier alpha value is -0.940. The molecule has 0 saturated carbocycles. The zero-order valence-electron chi connectivity index (χ0n) is 10.1. The highest BCUT2D eigenvalue weighted by atomic mass is 79.9. The van der Waals surface area contributed by atoms with Gasteiger partial charge in [0.05, 0.1) is 4.92 Å². The minimum absolute atomic E-state index is 0.163. The normalized spacial score (nSPS) is 12.4. The Kier molecular flexibility index (Phi) is 5.58. The molecular weight excluding hydrogens is 284 g/mol. The van der Waals surface area contributed by atoms with Crippen LogP contribution in [0.25, 0.3) is 0 Å². The second-order valence-corrected chi connectivity index (χ2v) is 5.09. The van der Waals surface area contributed by atoms with Gasteiger partial charge in [-0.05, 0) is 24.6 Å². The number of hydrogen-bond acceptors (Lipinski definition) is 3. The predicted molar refractivity (Wildman–Crippen MR) is 72.0 cm³/mol. The lowest BCUT2D eigenvalue weighted by Gasteiger charge is -2.10. The minimum atomic E-state index is -0.342. The summed E-state index contributed by atoms with van der Waals surface area (Å²) < 4.78 is 0.731. The van der Waals surface area contributed by atoms with E-state index in [4.69, 9.17) is 0 Å². The molecule has 0 fully saturated rings. The van der Waals surface area contributed by atoms with E-state index < -0.39 is 0 Å². The van der Waals surface area contributed by atoms with E-state index in [-0.39, 0.29) is 10.6 Å². The van der Waals surface area contributed by atoms with Crippen molar-refractivity contribution in [3.05, 3.63) is 38.3 Å². The van der Waals surface area contributed by atoms with Gasteiger partial charge >= 0.3 is 0 Å². The molecule has 17 heavy (non-hydrogen) atoms. The van der Waals surface area contributed by atoms with Crippen molar-refractivity contribution in [2.45, 2.75) is 26.8 Å². The van der Waals surface area contributed by atoms with Gasteiger partial charge in [0.1, 0.15) is 0 Å². The molecule has 0 radical (unpaired) electrons. The van der Waals surface area contributed by atoms with Gasteiger partial charge in [-0.25, -0.2) is 0 Å². The Labute approximate surface area is 110 Å². The van der Waals surface area contributed by atoms with Crippen LogP contribution in [0.4, 0.5) is 5.69 Å². The summed E-state index contributed by atoms with van der Waals surface area (Å²) in [6, 6.07) is 5.15. The molecule has 1 aromatic carbocycles. The van der Waals surface area contributed by atoms with Crippen LogP contribution in [0.15, 0.2) is 22.7 Å². The molecule has 1 atom stereocenters. The van der Waals surface area contributed by atoms with Crippen LogP contribution in [0, 0.1) is 16.0 Å². The average molecular weight is 301 g/mol. The van der Waals surface area contributed by atoms with Crippen LogP contribution < -0.4 is 5.32 Å². The lowest BCUT2D eigenvalue weighted by Crippen LogP contribution is -2.20. The maximum Gasteiger partial charge on any atom is 0.275 e. The summed E-state index contributed by atoms with van der Waals surface area (Å²) in [4.78, 5) is 10.5. The van der Waals surface area contributed by atoms with Crippen molar-refractivity contribution in [2.24, 2.45) is 5.92 Å². The van der Waals surface area contributed by atoms with Crippen LogP contribution in [-0.2, 0) is 6.54 Å². The van der Waals surface area contributed by atoms with Crippen molar-refractivity contribution < 1.29 is 4.92 Å². The Morgan fingerprint density at radius 3 is 2.82 bits per heavy atom. The van der Waals surface area contributed by atoms with Gasteiger partial charge in [0.15, 0.2) is 0 Å². The molecule has 0 spiro atoms. The van der Waals surface area contributed by atoms with Gasteiger partial charge in [0.2, 0.25) is 0 Å². The summed E-state index contributed by atoms with van der Waals surface area (Å²) in [5.41, 5.74) is 0.887. The van der Waals surface area contributed by atoms with Gasteiger partial charge in [-0.1, -0.05) is 36.2 Å². The second-order valence-electron chi connectivity index (χ2n) is 4.17. The number of rotatable bonds is 6. The third-order valence-corrected chi connectivity index (χ3v) is 3.24. The van der Waals surface area contributed by atoms with E-state index >= 15 is 0 Å². The minimum Gasteiger partial charge on any atom is -0.312 e. The molecular formula is C12H17BrN2O2. The first-order valence-corrected chi connectivity index (χ1v) is 6.47. The van der Waals surface area contributed by atoms with E-state index in [1.54, 1.807) is 12.1 Å². The van der Waals surface area contributed by atoms with Crippen molar-refractivity contribution in [2.75, 3.05) is 6.54 Å². The number of halogens is 1. The largest absolute Gasteiger partial charge is 0.312 e. The predicted octanol–water partition coefficient (Wildman–Crippen LogP) is 3.49. The Balaban J connectivity index is 2.67. The van der Waals surface area contributed by atoms with Gasteiger partial charge < -0.3 is 5.32 Å². The highest BCUT2D eigenvalue weighted by Crippen LogP contribution is 2.23. The maximum absolute atomic E-state index is 10.9. The summed E-state index contributed by atoms with van der Waals surface area (Å²) in [5.74, 6) is 0.588. The Bertz CT molecular complexity index is 396. The molecule has 0 bridgehead atoms. The van der Waals surface area contributed by atoms with E-state index in [0.29, 0.717) is 12.5 Å². The average Bonchev–Trinajstić information content (AvgIpc) is 2.30. The maximum atomic E-state index is 10.9. The van der Waals surface area contributed by atoms with E-state index in [1.807, 2.05) is 6.07 Å². The van der Waals surface area contributed by atoms with Gasteiger partial charge in [-0.2, -0.15) is 0 Å². The zero-order valence-corrected chi connectivity index (χ0v) is 11.7. The first-order valence-electron chi connectivity index (χ1n) is 5.68. The molecule has 5 heteroatoms.